The lowest BCUT2D eigenvalue weighted by molar-refractivity contribution is -0.148. The van der Waals surface area contributed by atoms with Crippen molar-refractivity contribution in [3.63, 3.8) is 0 Å². The van der Waals surface area contributed by atoms with Gasteiger partial charge < -0.3 is 21.1 Å². The fourth-order valence-corrected chi connectivity index (χ4v) is 2.86. The first-order chi connectivity index (χ1) is 14.5. The summed E-state index contributed by atoms with van der Waals surface area (Å²) in [6.07, 6.45) is 6.53. The van der Waals surface area contributed by atoms with Gasteiger partial charge in [-0.1, -0.05) is 44.5 Å². The number of para-hydroxylation sites is 1. The van der Waals surface area contributed by atoms with Crippen molar-refractivity contribution in [1.29, 1.82) is 0 Å². The number of amides is 2. The fraction of sp³-hybridized carbons (Fsp3) is 0.522. The van der Waals surface area contributed by atoms with Gasteiger partial charge in [0, 0.05) is 24.4 Å². The number of aliphatic carboxylic acids is 1. The minimum atomic E-state index is -2.08. The SMILES string of the molecule is CC(C)(F)C(=O)O.CCC[C@@H](/C=C/C(=O)N1CCc2ccccc21)NC(=O)[C@@H](N)CC. The molecule has 0 saturated heterocycles. The molecule has 2 amide bonds. The number of fused-ring (bicyclic) bond motifs is 1. The summed E-state index contributed by atoms with van der Waals surface area (Å²) in [6.45, 7) is 6.62. The highest BCUT2D eigenvalue weighted by molar-refractivity contribution is 6.03. The first-order valence-electron chi connectivity index (χ1n) is 10.6. The molecule has 0 aromatic heterocycles. The van der Waals surface area contributed by atoms with Gasteiger partial charge in [0.25, 0.3) is 5.91 Å². The third-order valence-corrected chi connectivity index (χ3v) is 4.84. The van der Waals surface area contributed by atoms with E-state index in [1.54, 1.807) is 17.1 Å². The Kier molecular flexibility index (Phi) is 10.3. The van der Waals surface area contributed by atoms with Gasteiger partial charge in [0.2, 0.25) is 11.6 Å². The van der Waals surface area contributed by atoms with Gasteiger partial charge in [0.05, 0.1) is 6.04 Å². The van der Waals surface area contributed by atoms with E-state index in [1.807, 2.05) is 32.0 Å². The fourth-order valence-electron chi connectivity index (χ4n) is 2.86. The zero-order valence-electron chi connectivity index (χ0n) is 18.7. The molecule has 1 aliphatic heterocycles. The first kappa shape index (κ1) is 26.3. The summed E-state index contributed by atoms with van der Waals surface area (Å²) in [5.41, 5.74) is 5.86. The van der Waals surface area contributed by atoms with E-state index < -0.39 is 17.7 Å². The van der Waals surface area contributed by atoms with Crippen LogP contribution in [0.3, 0.4) is 0 Å². The predicted molar refractivity (Wildman–Crippen MR) is 120 cm³/mol. The van der Waals surface area contributed by atoms with E-state index in [2.05, 4.69) is 11.4 Å². The number of benzene rings is 1. The van der Waals surface area contributed by atoms with Crippen molar-refractivity contribution in [2.24, 2.45) is 5.73 Å². The average Bonchev–Trinajstić information content (AvgIpc) is 3.15. The van der Waals surface area contributed by atoms with Crippen LogP contribution in [0.2, 0.25) is 0 Å². The van der Waals surface area contributed by atoms with Crippen molar-refractivity contribution in [2.45, 2.75) is 71.1 Å². The van der Waals surface area contributed by atoms with Gasteiger partial charge >= 0.3 is 5.97 Å². The summed E-state index contributed by atoms with van der Waals surface area (Å²) in [5, 5.41) is 10.8. The number of carbonyl (C=O) groups excluding carboxylic acids is 2. The van der Waals surface area contributed by atoms with Crippen LogP contribution >= 0.6 is 0 Å². The van der Waals surface area contributed by atoms with Crippen LogP contribution in [0.4, 0.5) is 10.1 Å². The molecule has 1 aromatic rings. The second kappa shape index (κ2) is 12.2. The van der Waals surface area contributed by atoms with E-state index in [0.717, 1.165) is 38.8 Å². The molecule has 4 N–H and O–H groups in total. The zero-order chi connectivity index (χ0) is 23.6. The normalized spacial score (nSPS) is 15.0. The molecule has 0 unspecified atom stereocenters. The lowest BCUT2D eigenvalue weighted by Gasteiger charge is -2.18. The molecule has 1 aliphatic rings. The van der Waals surface area contributed by atoms with Crippen molar-refractivity contribution < 1.29 is 23.9 Å². The highest BCUT2D eigenvalue weighted by atomic mass is 19.1. The zero-order valence-corrected chi connectivity index (χ0v) is 18.7. The van der Waals surface area contributed by atoms with E-state index in [9.17, 15) is 18.8 Å². The van der Waals surface area contributed by atoms with Gasteiger partial charge in [-0.15, -0.1) is 0 Å². The molecule has 0 saturated carbocycles. The topological polar surface area (TPSA) is 113 Å². The second-order valence-electron chi connectivity index (χ2n) is 7.92. The van der Waals surface area contributed by atoms with Crippen molar-refractivity contribution in [2.75, 3.05) is 11.4 Å². The molecule has 7 nitrogen and oxygen atoms in total. The van der Waals surface area contributed by atoms with E-state index in [1.165, 1.54) is 5.56 Å². The Morgan fingerprint density at radius 2 is 1.90 bits per heavy atom. The number of nitrogens with zero attached hydrogens (tertiary/aromatic N) is 1. The van der Waals surface area contributed by atoms with Gasteiger partial charge in [0.15, 0.2) is 0 Å². The van der Waals surface area contributed by atoms with Crippen molar-refractivity contribution >= 4 is 23.5 Å². The molecule has 2 rings (SSSR count). The number of carbonyl (C=O) groups is 3. The Labute approximate surface area is 183 Å². The number of carboxylic acid groups (broad SMARTS) is 1. The van der Waals surface area contributed by atoms with Crippen LogP contribution in [0.5, 0.6) is 0 Å². The smallest absolute Gasteiger partial charge is 0.340 e. The molecule has 2 atom stereocenters. The van der Waals surface area contributed by atoms with E-state index >= 15 is 0 Å². The number of anilines is 1. The van der Waals surface area contributed by atoms with E-state index in [-0.39, 0.29) is 17.9 Å². The van der Waals surface area contributed by atoms with Gasteiger partial charge in [-0.05, 0) is 44.7 Å². The van der Waals surface area contributed by atoms with Gasteiger partial charge in [-0.2, -0.15) is 0 Å². The lowest BCUT2D eigenvalue weighted by atomic mass is 10.1. The van der Waals surface area contributed by atoms with Crippen molar-refractivity contribution in [3.8, 4) is 0 Å². The molecule has 8 heteroatoms. The third kappa shape index (κ3) is 8.49. The van der Waals surface area contributed by atoms with Crippen LogP contribution in [0.15, 0.2) is 36.4 Å². The molecule has 0 aliphatic carbocycles. The number of nitrogens with two attached hydrogens (primary N) is 1. The standard InChI is InChI=1S/C19H27N3O2.C4H7FO2/c1-3-7-15(21-19(24)16(20)4-2)10-11-18(23)22-13-12-14-8-5-6-9-17(14)22;1-4(2,5)3(6)7/h5-6,8-11,15-16H,3-4,7,12-13,20H2,1-2H3,(H,21,24);1-2H3,(H,6,7)/b11-10+;/t15-,16-;/m0./s1. The molecule has 172 valence electrons. The molecular weight excluding hydrogens is 401 g/mol. The number of nitrogens with one attached hydrogen (secondary N) is 1. The average molecular weight is 436 g/mol. The van der Waals surface area contributed by atoms with Crippen LogP contribution in [-0.4, -0.2) is 47.2 Å². The minimum absolute atomic E-state index is 0.0462. The van der Waals surface area contributed by atoms with Crippen LogP contribution in [0.25, 0.3) is 0 Å². The Balaban J connectivity index is 0.000000592. The Bertz CT molecular complexity index is 789. The number of hydrogen-bond donors (Lipinski definition) is 3. The molecule has 0 bridgehead atoms. The van der Waals surface area contributed by atoms with Crippen molar-refractivity contribution in [3.05, 3.63) is 42.0 Å². The second-order valence-corrected chi connectivity index (χ2v) is 7.92. The van der Waals surface area contributed by atoms with Gasteiger partial charge in [-0.25, -0.2) is 9.18 Å². The number of halogens is 1. The third-order valence-electron chi connectivity index (χ3n) is 4.84. The molecule has 0 fully saturated rings. The molecule has 31 heavy (non-hydrogen) atoms. The van der Waals surface area contributed by atoms with E-state index in [0.29, 0.717) is 13.0 Å². The van der Waals surface area contributed by atoms with Gasteiger partial charge in [-0.3, -0.25) is 9.59 Å². The predicted octanol–water partition coefficient (Wildman–Crippen LogP) is 2.97. The number of carboxylic acids is 1. The number of rotatable bonds is 8. The van der Waals surface area contributed by atoms with Crippen LogP contribution < -0.4 is 16.0 Å². The maximum absolute atomic E-state index is 12.5. The van der Waals surface area contributed by atoms with E-state index in [4.69, 9.17) is 10.8 Å². The molecule has 0 spiro atoms. The number of alkyl halides is 1. The Morgan fingerprint density at radius 3 is 2.45 bits per heavy atom. The highest BCUT2D eigenvalue weighted by Crippen LogP contribution is 2.27. The highest BCUT2D eigenvalue weighted by Gasteiger charge is 2.25. The van der Waals surface area contributed by atoms with Crippen LogP contribution in [-0.2, 0) is 20.8 Å². The summed E-state index contributed by atoms with van der Waals surface area (Å²) in [7, 11) is 0. The van der Waals surface area contributed by atoms with Gasteiger partial charge in [0.1, 0.15) is 0 Å². The molecule has 1 heterocycles. The van der Waals surface area contributed by atoms with Crippen LogP contribution in [0, 0.1) is 0 Å². The molecule has 1 aromatic carbocycles. The first-order valence-corrected chi connectivity index (χ1v) is 10.6. The van der Waals surface area contributed by atoms with Crippen molar-refractivity contribution in [1.82, 2.24) is 5.32 Å². The summed E-state index contributed by atoms with van der Waals surface area (Å²) < 4.78 is 11.9. The quantitative estimate of drug-likeness (QED) is 0.544. The summed E-state index contributed by atoms with van der Waals surface area (Å²) in [5.74, 6) is -1.64. The lowest BCUT2D eigenvalue weighted by Crippen LogP contribution is -2.44. The Hall–Kier alpha value is -2.74. The van der Waals surface area contributed by atoms with Crippen LogP contribution in [0.1, 0.15) is 52.5 Å². The summed E-state index contributed by atoms with van der Waals surface area (Å²) >= 11 is 0. The number of hydrogen-bond acceptors (Lipinski definition) is 4. The summed E-state index contributed by atoms with van der Waals surface area (Å²) in [4.78, 5) is 35.9. The monoisotopic (exact) mass is 435 g/mol. The summed E-state index contributed by atoms with van der Waals surface area (Å²) in [6, 6.07) is 7.30. The Morgan fingerprint density at radius 1 is 1.29 bits per heavy atom. The maximum atomic E-state index is 12.5. The molecular formula is C23H34FN3O4. The minimum Gasteiger partial charge on any atom is -0.479 e. The maximum Gasteiger partial charge on any atom is 0.340 e. The molecule has 0 radical (unpaired) electrons. The largest absolute Gasteiger partial charge is 0.479 e.